The van der Waals surface area contributed by atoms with E-state index in [9.17, 15) is 14.7 Å². The Bertz CT molecular complexity index is 684. The zero-order chi connectivity index (χ0) is 17.5. The van der Waals surface area contributed by atoms with Gasteiger partial charge >= 0.3 is 5.97 Å². The van der Waals surface area contributed by atoms with Gasteiger partial charge in [0.2, 0.25) is 0 Å². The largest absolute Gasteiger partial charge is 0.480 e. The van der Waals surface area contributed by atoms with Gasteiger partial charge in [0, 0.05) is 22.1 Å². The Morgan fingerprint density at radius 1 is 1.04 bits per heavy atom. The van der Waals surface area contributed by atoms with Crippen molar-refractivity contribution in [1.29, 1.82) is 0 Å². The van der Waals surface area contributed by atoms with Crippen LogP contribution in [0.1, 0.15) is 29.8 Å². The summed E-state index contributed by atoms with van der Waals surface area (Å²) in [6.45, 7) is 4.21. The van der Waals surface area contributed by atoms with E-state index in [1.54, 1.807) is 23.9 Å². The molecule has 0 fully saturated rings. The molecule has 4 nitrogen and oxygen atoms in total. The Hall–Kier alpha value is -2.27. The maximum absolute atomic E-state index is 12.3. The van der Waals surface area contributed by atoms with E-state index in [2.05, 4.69) is 19.2 Å². The van der Waals surface area contributed by atoms with E-state index >= 15 is 0 Å². The summed E-state index contributed by atoms with van der Waals surface area (Å²) in [5.74, 6) is -1.42. The molecule has 0 aliphatic carbocycles. The van der Waals surface area contributed by atoms with Gasteiger partial charge in [-0.2, -0.15) is 0 Å². The smallest absolute Gasteiger partial charge is 0.326 e. The molecule has 0 spiro atoms. The van der Waals surface area contributed by atoms with Crippen LogP contribution in [0.4, 0.5) is 0 Å². The molecule has 0 heterocycles. The number of carbonyl (C=O) groups is 2. The first-order valence-electron chi connectivity index (χ1n) is 7.80. The Morgan fingerprint density at radius 2 is 1.67 bits per heavy atom. The molecule has 1 atom stereocenters. The van der Waals surface area contributed by atoms with Crippen LogP contribution in [0.5, 0.6) is 0 Å². The van der Waals surface area contributed by atoms with Gasteiger partial charge in [0.25, 0.3) is 5.91 Å². The highest BCUT2D eigenvalue weighted by molar-refractivity contribution is 7.99. The lowest BCUT2D eigenvalue weighted by Gasteiger charge is -2.15. The minimum atomic E-state index is -1.04. The van der Waals surface area contributed by atoms with Crippen LogP contribution >= 0.6 is 11.8 Å². The highest BCUT2D eigenvalue weighted by Gasteiger charge is 2.21. The summed E-state index contributed by atoms with van der Waals surface area (Å²) >= 11 is 1.71. The Balaban J connectivity index is 2.03. The average Bonchev–Trinajstić information content (AvgIpc) is 2.55. The van der Waals surface area contributed by atoms with Crippen molar-refractivity contribution in [3.05, 3.63) is 65.7 Å². The Labute approximate surface area is 146 Å². The lowest BCUT2D eigenvalue weighted by atomic mass is 10.1. The lowest BCUT2D eigenvalue weighted by molar-refractivity contribution is -0.139. The fourth-order valence-electron chi connectivity index (χ4n) is 2.25. The SMILES string of the molecule is CC(C)Sc1ccc(C(=O)N[C@@H](Cc2ccccc2)C(=O)O)cc1. The summed E-state index contributed by atoms with van der Waals surface area (Å²) in [7, 11) is 0. The third kappa shape index (κ3) is 5.42. The van der Waals surface area contributed by atoms with Crippen molar-refractivity contribution in [1.82, 2.24) is 5.32 Å². The third-order valence-electron chi connectivity index (χ3n) is 3.37. The molecule has 1 amide bonds. The van der Waals surface area contributed by atoms with Crippen LogP contribution in [0, 0.1) is 0 Å². The number of amides is 1. The molecule has 0 saturated carbocycles. The van der Waals surface area contributed by atoms with Gasteiger partial charge in [0.05, 0.1) is 0 Å². The molecule has 126 valence electrons. The number of aliphatic carboxylic acids is 1. The average molecular weight is 343 g/mol. The highest BCUT2D eigenvalue weighted by Crippen LogP contribution is 2.22. The summed E-state index contributed by atoms with van der Waals surface area (Å²) in [6.07, 6.45) is 0.253. The fourth-order valence-corrected chi connectivity index (χ4v) is 3.09. The van der Waals surface area contributed by atoms with Gasteiger partial charge in [-0.1, -0.05) is 44.2 Å². The summed E-state index contributed by atoms with van der Waals surface area (Å²) < 4.78 is 0. The van der Waals surface area contributed by atoms with Crippen molar-refractivity contribution in [2.45, 2.75) is 36.5 Å². The third-order valence-corrected chi connectivity index (χ3v) is 4.39. The number of hydrogen-bond donors (Lipinski definition) is 2. The molecule has 0 bridgehead atoms. The number of thioether (sulfide) groups is 1. The molecule has 0 radical (unpaired) electrons. The molecule has 2 aromatic rings. The van der Waals surface area contributed by atoms with Gasteiger partial charge in [-0.05, 0) is 29.8 Å². The normalized spacial score (nSPS) is 12.0. The molecule has 0 aliphatic rings. The minimum Gasteiger partial charge on any atom is -0.480 e. The van der Waals surface area contributed by atoms with E-state index in [1.165, 1.54) is 0 Å². The number of carboxylic acid groups (broad SMARTS) is 1. The zero-order valence-corrected chi connectivity index (χ0v) is 14.5. The second-order valence-corrected chi connectivity index (χ2v) is 7.39. The van der Waals surface area contributed by atoms with E-state index in [0.29, 0.717) is 10.8 Å². The van der Waals surface area contributed by atoms with E-state index in [-0.39, 0.29) is 12.3 Å². The first-order chi connectivity index (χ1) is 11.5. The van der Waals surface area contributed by atoms with Gasteiger partial charge in [0.15, 0.2) is 0 Å². The molecule has 5 heteroatoms. The van der Waals surface area contributed by atoms with Crippen molar-refractivity contribution < 1.29 is 14.7 Å². The van der Waals surface area contributed by atoms with Crippen molar-refractivity contribution in [2.75, 3.05) is 0 Å². The number of hydrogen-bond acceptors (Lipinski definition) is 3. The van der Waals surface area contributed by atoms with Crippen molar-refractivity contribution in [3.8, 4) is 0 Å². The number of nitrogens with one attached hydrogen (secondary N) is 1. The summed E-state index contributed by atoms with van der Waals surface area (Å²) in [4.78, 5) is 24.8. The van der Waals surface area contributed by atoms with E-state index in [4.69, 9.17) is 0 Å². The molecule has 24 heavy (non-hydrogen) atoms. The first-order valence-corrected chi connectivity index (χ1v) is 8.68. The lowest BCUT2D eigenvalue weighted by Crippen LogP contribution is -2.42. The van der Waals surface area contributed by atoms with Crippen molar-refractivity contribution in [3.63, 3.8) is 0 Å². The number of benzene rings is 2. The zero-order valence-electron chi connectivity index (χ0n) is 13.7. The minimum absolute atomic E-state index is 0.253. The predicted octanol–water partition coefficient (Wildman–Crippen LogP) is 3.61. The predicted molar refractivity (Wildman–Crippen MR) is 96.5 cm³/mol. The maximum Gasteiger partial charge on any atom is 0.326 e. The number of rotatable bonds is 7. The number of carboxylic acids is 1. The van der Waals surface area contributed by atoms with E-state index in [0.717, 1.165) is 10.5 Å². The van der Waals surface area contributed by atoms with Crippen LogP contribution in [0.2, 0.25) is 0 Å². The maximum atomic E-state index is 12.3. The van der Waals surface area contributed by atoms with Gasteiger partial charge in [-0.3, -0.25) is 4.79 Å². The standard InChI is InChI=1S/C19H21NO3S/c1-13(2)24-16-10-8-15(9-11-16)18(21)20-17(19(22)23)12-14-6-4-3-5-7-14/h3-11,13,17H,12H2,1-2H3,(H,20,21)(H,22,23)/t17-/m0/s1. The van der Waals surface area contributed by atoms with Gasteiger partial charge in [0.1, 0.15) is 6.04 Å². The van der Waals surface area contributed by atoms with Crippen molar-refractivity contribution in [2.24, 2.45) is 0 Å². The topological polar surface area (TPSA) is 66.4 Å². The monoisotopic (exact) mass is 343 g/mol. The molecule has 2 aromatic carbocycles. The van der Waals surface area contributed by atoms with Crippen LogP contribution in [0.15, 0.2) is 59.5 Å². The molecular formula is C19H21NO3S. The van der Waals surface area contributed by atoms with E-state index in [1.807, 2.05) is 42.5 Å². The summed E-state index contributed by atoms with van der Waals surface area (Å²) in [5, 5.41) is 12.4. The Morgan fingerprint density at radius 3 is 2.21 bits per heavy atom. The molecule has 2 N–H and O–H groups in total. The van der Waals surface area contributed by atoms with Gasteiger partial charge in [-0.25, -0.2) is 4.79 Å². The van der Waals surface area contributed by atoms with Crippen LogP contribution in [-0.2, 0) is 11.2 Å². The fraction of sp³-hybridized carbons (Fsp3) is 0.263. The molecular weight excluding hydrogens is 322 g/mol. The van der Waals surface area contributed by atoms with Gasteiger partial charge in [-0.15, -0.1) is 11.8 Å². The van der Waals surface area contributed by atoms with Crippen molar-refractivity contribution >= 4 is 23.6 Å². The van der Waals surface area contributed by atoms with Crippen LogP contribution in [-0.4, -0.2) is 28.3 Å². The molecule has 0 unspecified atom stereocenters. The Kier molecular flexibility index (Phi) is 6.44. The second-order valence-electron chi connectivity index (χ2n) is 5.74. The number of carbonyl (C=O) groups excluding carboxylic acids is 1. The summed E-state index contributed by atoms with van der Waals surface area (Å²) in [5.41, 5.74) is 1.33. The first kappa shape index (κ1) is 18.1. The molecule has 0 saturated heterocycles. The summed E-state index contributed by atoms with van der Waals surface area (Å²) in [6, 6.07) is 15.5. The van der Waals surface area contributed by atoms with Crippen LogP contribution in [0.25, 0.3) is 0 Å². The molecule has 0 aliphatic heterocycles. The highest BCUT2D eigenvalue weighted by atomic mass is 32.2. The molecule has 2 rings (SSSR count). The molecule has 0 aromatic heterocycles. The van der Waals surface area contributed by atoms with Crippen LogP contribution < -0.4 is 5.32 Å². The van der Waals surface area contributed by atoms with Crippen LogP contribution in [0.3, 0.4) is 0 Å². The van der Waals surface area contributed by atoms with E-state index < -0.39 is 12.0 Å². The second kappa shape index (κ2) is 8.55. The van der Waals surface area contributed by atoms with Gasteiger partial charge < -0.3 is 10.4 Å². The quantitative estimate of drug-likeness (QED) is 0.754.